The van der Waals surface area contributed by atoms with Gasteiger partial charge in [-0.1, -0.05) is 29.8 Å². The summed E-state index contributed by atoms with van der Waals surface area (Å²) in [6, 6.07) is 7.67. The number of ether oxygens (including phenoxy) is 1. The van der Waals surface area contributed by atoms with E-state index in [4.69, 9.17) is 16.3 Å². The molecule has 0 bridgehead atoms. The zero-order chi connectivity index (χ0) is 13.0. The van der Waals surface area contributed by atoms with E-state index in [1.165, 1.54) is 0 Å². The molecule has 1 N–H and O–H groups in total. The topological polar surface area (TPSA) is 41.6 Å². The fraction of sp³-hybridized carbons (Fsp3) is 0.462. The summed E-state index contributed by atoms with van der Waals surface area (Å²) in [6.07, 6.45) is 1.01. The number of likely N-dealkylation sites (tertiary alicyclic amines) is 1. The average molecular weight is 269 g/mol. The van der Waals surface area contributed by atoms with E-state index in [2.05, 4.69) is 5.32 Å². The van der Waals surface area contributed by atoms with Crippen LogP contribution in [-0.2, 0) is 11.3 Å². The molecule has 1 aromatic rings. The van der Waals surface area contributed by atoms with Crippen molar-refractivity contribution >= 4 is 17.6 Å². The number of rotatable bonds is 4. The van der Waals surface area contributed by atoms with Crippen LogP contribution in [0.4, 0.5) is 4.79 Å². The Bertz CT molecular complexity index is 425. The lowest BCUT2D eigenvalue weighted by Crippen LogP contribution is -2.56. The van der Waals surface area contributed by atoms with E-state index in [0.29, 0.717) is 18.2 Å². The molecule has 1 heterocycles. The van der Waals surface area contributed by atoms with Gasteiger partial charge in [0, 0.05) is 25.2 Å². The van der Waals surface area contributed by atoms with Gasteiger partial charge in [-0.05, 0) is 18.1 Å². The zero-order valence-electron chi connectivity index (χ0n) is 10.4. The Morgan fingerprint density at radius 2 is 2.33 bits per heavy atom. The van der Waals surface area contributed by atoms with Crippen LogP contribution in [0.25, 0.3) is 0 Å². The fourth-order valence-electron chi connectivity index (χ4n) is 1.99. The van der Waals surface area contributed by atoms with Crippen LogP contribution in [0, 0.1) is 0 Å². The number of nitrogens with one attached hydrogen (secondary N) is 1. The van der Waals surface area contributed by atoms with Crippen LogP contribution >= 0.6 is 11.6 Å². The van der Waals surface area contributed by atoms with Gasteiger partial charge in [0.2, 0.25) is 0 Å². The maximum absolute atomic E-state index is 11.9. The van der Waals surface area contributed by atoms with E-state index in [1.54, 1.807) is 12.0 Å². The van der Waals surface area contributed by atoms with Crippen LogP contribution < -0.4 is 5.32 Å². The van der Waals surface area contributed by atoms with Crippen molar-refractivity contribution in [1.29, 1.82) is 0 Å². The molecule has 0 aromatic heterocycles. The Hall–Kier alpha value is -1.26. The molecule has 98 valence electrons. The van der Waals surface area contributed by atoms with Gasteiger partial charge < -0.3 is 15.0 Å². The predicted octanol–water partition coefficient (Wildman–Crippen LogP) is 2.27. The third kappa shape index (κ3) is 2.94. The van der Waals surface area contributed by atoms with Crippen LogP contribution in [-0.4, -0.2) is 37.2 Å². The van der Waals surface area contributed by atoms with Crippen molar-refractivity contribution in [2.75, 3.05) is 20.3 Å². The number of hydrogen-bond donors (Lipinski definition) is 1. The minimum absolute atomic E-state index is 0.0526. The van der Waals surface area contributed by atoms with Crippen molar-refractivity contribution < 1.29 is 9.53 Å². The van der Waals surface area contributed by atoms with Crippen molar-refractivity contribution in [2.45, 2.75) is 19.0 Å². The van der Waals surface area contributed by atoms with E-state index in [0.717, 1.165) is 18.5 Å². The molecule has 2 rings (SSSR count). The van der Waals surface area contributed by atoms with Crippen molar-refractivity contribution in [1.82, 2.24) is 10.2 Å². The maximum atomic E-state index is 11.9. The van der Waals surface area contributed by atoms with Gasteiger partial charge in [-0.2, -0.15) is 0 Å². The molecule has 1 aromatic carbocycles. The fourth-order valence-corrected chi connectivity index (χ4v) is 2.19. The molecule has 0 spiro atoms. The predicted molar refractivity (Wildman–Crippen MR) is 70.7 cm³/mol. The highest BCUT2D eigenvalue weighted by molar-refractivity contribution is 6.31. The summed E-state index contributed by atoms with van der Waals surface area (Å²) in [7, 11) is 1.65. The maximum Gasteiger partial charge on any atom is 0.317 e. The highest BCUT2D eigenvalue weighted by Crippen LogP contribution is 2.18. The SMILES string of the molecule is COCC1CCN1C(=O)NCc1ccccc1Cl. The van der Waals surface area contributed by atoms with Gasteiger partial charge in [0.1, 0.15) is 0 Å². The number of hydrogen-bond acceptors (Lipinski definition) is 2. The minimum Gasteiger partial charge on any atom is -0.383 e. The number of methoxy groups -OCH3 is 1. The van der Waals surface area contributed by atoms with Gasteiger partial charge >= 0.3 is 6.03 Å². The molecule has 1 fully saturated rings. The zero-order valence-corrected chi connectivity index (χ0v) is 11.1. The number of benzene rings is 1. The van der Waals surface area contributed by atoms with Crippen molar-refractivity contribution in [3.8, 4) is 0 Å². The summed E-state index contributed by atoms with van der Waals surface area (Å²) in [4.78, 5) is 13.7. The number of urea groups is 1. The summed E-state index contributed by atoms with van der Waals surface area (Å²) < 4.78 is 5.07. The van der Waals surface area contributed by atoms with Crippen LogP contribution in [0.2, 0.25) is 5.02 Å². The second-order valence-electron chi connectivity index (χ2n) is 4.34. The first-order valence-corrected chi connectivity index (χ1v) is 6.37. The summed E-state index contributed by atoms with van der Waals surface area (Å²) in [5, 5.41) is 3.55. The number of halogens is 1. The van der Waals surface area contributed by atoms with Gasteiger partial charge in [-0.15, -0.1) is 0 Å². The van der Waals surface area contributed by atoms with Gasteiger partial charge in [0.15, 0.2) is 0 Å². The second kappa shape index (κ2) is 6.07. The number of carbonyl (C=O) groups is 1. The lowest BCUT2D eigenvalue weighted by molar-refractivity contribution is 0.0493. The number of amides is 2. The first-order valence-electron chi connectivity index (χ1n) is 5.99. The Balaban J connectivity index is 1.84. The van der Waals surface area contributed by atoms with E-state index in [-0.39, 0.29) is 12.1 Å². The van der Waals surface area contributed by atoms with Gasteiger partial charge in [-0.25, -0.2) is 4.79 Å². The normalized spacial score (nSPS) is 18.3. The van der Waals surface area contributed by atoms with E-state index < -0.39 is 0 Å². The quantitative estimate of drug-likeness (QED) is 0.910. The molecule has 1 saturated heterocycles. The van der Waals surface area contributed by atoms with Crippen LogP contribution in [0.15, 0.2) is 24.3 Å². The molecule has 1 aliphatic heterocycles. The number of carbonyl (C=O) groups excluding carboxylic acids is 1. The Labute approximate surface area is 112 Å². The molecule has 2 amide bonds. The Morgan fingerprint density at radius 3 is 2.94 bits per heavy atom. The highest BCUT2D eigenvalue weighted by atomic mass is 35.5. The smallest absolute Gasteiger partial charge is 0.317 e. The Morgan fingerprint density at radius 1 is 1.56 bits per heavy atom. The monoisotopic (exact) mass is 268 g/mol. The molecular formula is C13H17ClN2O2. The molecule has 18 heavy (non-hydrogen) atoms. The summed E-state index contributed by atoms with van der Waals surface area (Å²) in [5.74, 6) is 0. The first kappa shape index (κ1) is 13.2. The Kier molecular flexibility index (Phi) is 4.44. The van der Waals surface area contributed by atoms with Crippen molar-refractivity contribution in [3.05, 3.63) is 34.9 Å². The van der Waals surface area contributed by atoms with E-state index >= 15 is 0 Å². The van der Waals surface area contributed by atoms with Gasteiger partial charge in [0.05, 0.1) is 12.6 Å². The highest BCUT2D eigenvalue weighted by Gasteiger charge is 2.31. The summed E-state index contributed by atoms with van der Waals surface area (Å²) in [5.41, 5.74) is 0.927. The van der Waals surface area contributed by atoms with Crippen LogP contribution in [0.1, 0.15) is 12.0 Å². The number of nitrogens with zero attached hydrogens (tertiary/aromatic N) is 1. The molecule has 5 heteroatoms. The minimum atomic E-state index is -0.0526. The largest absolute Gasteiger partial charge is 0.383 e. The lowest BCUT2D eigenvalue weighted by atomic mass is 10.1. The van der Waals surface area contributed by atoms with Crippen molar-refractivity contribution in [2.24, 2.45) is 0 Å². The molecule has 1 atom stereocenters. The molecule has 0 aliphatic carbocycles. The lowest BCUT2D eigenvalue weighted by Gasteiger charge is -2.40. The summed E-state index contributed by atoms with van der Waals surface area (Å²) in [6.45, 7) is 1.84. The molecule has 4 nitrogen and oxygen atoms in total. The molecule has 1 unspecified atom stereocenters. The van der Waals surface area contributed by atoms with Gasteiger partial charge in [0.25, 0.3) is 0 Å². The standard InChI is InChI=1S/C13H17ClN2O2/c1-18-9-11-6-7-16(11)13(17)15-8-10-4-2-3-5-12(10)14/h2-5,11H,6-9H2,1H3,(H,15,17). The third-order valence-electron chi connectivity index (χ3n) is 3.15. The summed E-state index contributed by atoms with van der Waals surface area (Å²) >= 11 is 6.03. The third-order valence-corrected chi connectivity index (χ3v) is 3.52. The van der Waals surface area contributed by atoms with Gasteiger partial charge in [-0.3, -0.25) is 0 Å². The molecule has 1 aliphatic rings. The van der Waals surface area contributed by atoms with Crippen molar-refractivity contribution in [3.63, 3.8) is 0 Å². The average Bonchev–Trinajstić information content (AvgIpc) is 2.33. The molecular weight excluding hydrogens is 252 g/mol. The van der Waals surface area contributed by atoms with Crippen LogP contribution in [0.5, 0.6) is 0 Å². The van der Waals surface area contributed by atoms with Crippen LogP contribution in [0.3, 0.4) is 0 Å². The molecule has 0 saturated carbocycles. The second-order valence-corrected chi connectivity index (χ2v) is 4.75. The van der Waals surface area contributed by atoms with E-state index in [9.17, 15) is 4.79 Å². The van der Waals surface area contributed by atoms with E-state index in [1.807, 2.05) is 24.3 Å². The molecule has 0 radical (unpaired) electrons. The first-order chi connectivity index (χ1) is 8.72.